The maximum absolute atomic E-state index is 13.8. The molecule has 0 aliphatic rings. The van der Waals surface area contributed by atoms with Crippen molar-refractivity contribution in [3.8, 4) is 5.75 Å². The second kappa shape index (κ2) is 8.89. The summed E-state index contributed by atoms with van der Waals surface area (Å²) in [5.74, 6) is -15.6. The fourth-order valence-electron chi connectivity index (χ4n) is 2.47. The monoisotopic (exact) mass is 416 g/mol. The number of nitrogens with one attached hydrogen (secondary N) is 1. The average Bonchev–Trinajstić information content (AvgIpc) is 2.67. The molecule has 0 aliphatic carbocycles. The third-order valence-corrected chi connectivity index (χ3v) is 3.87. The van der Waals surface area contributed by atoms with Crippen molar-refractivity contribution < 1.29 is 36.3 Å². The van der Waals surface area contributed by atoms with Gasteiger partial charge >= 0.3 is 5.97 Å². The van der Waals surface area contributed by atoms with Crippen molar-refractivity contribution in [2.24, 2.45) is 5.92 Å². The van der Waals surface area contributed by atoms with Gasteiger partial charge in [-0.05, 0) is 24.5 Å². The van der Waals surface area contributed by atoms with Crippen molar-refractivity contribution in [2.45, 2.75) is 26.3 Å². The van der Waals surface area contributed by atoms with E-state index in [-0.39, 0.29) is 23.6 Å². The van der Waals surface area contributed by atoms with E-state index in [9.17, 15) is 31.5 Å². The lowest BCUT2D eigenvalue weighted by Gasteiger charge is -2.20. The minimum Gasteiger partial charge on any atom is -0.418 e. The fraction of sp³-hybridized carbons (Fsp3) is 0.263. The Bertz CT molecular complexity index is 921. The zero-order chi connectivity index (χ0) is 21.9. The van der Waals surface area contributed by atoms with Gasteiger partial charge in [-0.3, -0.25) is 4.79 Å². The molecule has 2 aromatic carbocycles. The van der Waals surface area contributed by atoms with Gasteiger partial charge in [0.05, 0.1) is 5.56 Å². The number of anilines is 1. The van der Waals surface area contributed by atoms with Crippen LogP contribution in [0.4, 0.5) is 27.6 Å². The van der Waals surface area contributed by atoms with E-state index in [0.717, 1.165) is 0 Å². The molecule has 0 saturated carbocycles. The Morgan fingerprint density at radius 1 is 0.966 bits per heavy atom. The second-order valence-electron chi connectivity index (χ2n) is 6.56. The summed E-state index contributed by atoms with van der Waals surface area (Å²) in [7, 11) is 0. The molecule has 0 spiro atoms. The van der Waals surface area contributed by atoms with Crippen molar-refractivity contribution in [3.63, 3.8) is 0 Å². The summed E-state index contributed by atoms with van der Waals surface area (Å²) in [6.45, 7) is 3.36. The summed E-state index contributed by atoms with van der Waals surface area (Å²) in [5.41, 5.74) is 5.84. The first-order chi connectivity index (χ1) is 13.5. The van der Waals surface area contributed by atoms with E-state index in [1.165, 1.54) is 18.2 Å². The summed E-state index contributed by atoms with van der Waals surface area (Å²) < 4.78 is 71.7. The van der Waals surface area contributed by atoms with Crippen LogP contribution >= 0.6 is 0 Å². The smallest absolute Gasteiger partial charge is 0.334 e. The lowest BCUT2D eigenvalue weighted by molar-refractivity contribution is -0.137. The quantitative estimate of drug-likeness (QED) is 0.188. The predicted molar refractivity (Wildman–Crippen MR) is 93.4 cm³/mol. The highest BCUT2D eigenvalue weighted by molar-refractivity contribution is 6.01. The predicted octanol–water partition coefficient (Wildman–Crippen LogP) is 3.71. The van der Waals surface area contributed by atoms with Gasteiger partial charge in [0.1, 0.15) is 6.04 Å². The van der Waals surface area contributed by atoms with Gasteiger partial charge in [0, 0.05) is 5.69 Å². The number of hydrogen-bond acceptors (Lipinski definition) is 4. The van der Waals surface area contributed by atoms with E-state index in [4.69, 9.17) is 5.73 Å². The number of amides is 1. The second-order valence-corrected chi connectivity index (χ2v) is 6.56. The van der Waals surface area contributed by atoms with Gasteiger partial charge in [-0.25, -0.2) is 18.0 Å². The van der Waals surface area contributed by atoms with Gasteiger partial charge in [-0.2, -0.15) is 8.78 Å². The number of para-hydroxylation sites is 1. The van der Waals surface area contributed by atoms with Crippen molar-refractivity contribution in [1.82, 2.24) is 5.32 Å². The van der Waals surface area contributed by atoms with Crippen LogP contribution in [0, 0.1) is 35.0 Å². The minimum absolute atomic E-state index is 0.0327. The van der Waals surface area contributed by atoms with Crippen molar-refractivity contribution >= 4 is 17.6 Å². The van der Waals surface area contributed by atoms with Crippen LogP contribution < -0.4 is 15.8 Å². The summed E-state index contributed by atoms with van der Waals surface area (Å²) >= 11 is 0. The van der Waals surface area contributed by atoms with E-state index in [2.05, 4.69) is 10.1 Å². The number of carbonyl (C=O) groups is 2. The number of carbonyl (C=O) groups excluding carboxylic acids is 2. The maximum atomic E-state index is 13.8. The molecule has 2 rings (SSSR count). The molecule has 5 nitrogen and oxygen atoms in total. The molecule has 0 fully saturated rings. The summed E-state index contributed by atoms with van der Waals surface area (Å²) in [6.07, 6.45) is -0.0350. The van der Waals surface area contributed by atoms with E-state index >= 15 is 0 Å². The summed E-state index contributed by atoms with van der Waals surface area (Å²) in [6, 6.07) is 4.49. The third-order valence-electron chi connectivity index (χ3n) is 3.87. The molecule has 0 aliphatic heterocycles. The van der Waals surface area contributed by atoms with Gasteiger partial charge < -0.3 is 15.8 Å². The SMILES string of the molecule is CC(C)C[C@H](NC(=O)c1ccccc1N)C(=O)Oc1c(F)c(F)c(F)c(F)c1F. The molecule has 10 heteroatoms. The molecule has 156 valence electrons. The molecule has 1 atom stereocenters. The Morgan fingerprint density at radius 3 is 2.00 bits per heavy atom. The van der Waals surface area contributed by atoms with Crippen molar-refractivity contribution in [2.75, 3.05) is 5.73 Å². The normalized spacial score (nSPS) is 12.0. The van der Waals surface area contributed by atoms with E-state index in [0.29, 0.717) is 0 Å². The lowest BCUT2D eigenvalue weighted by atomic mass is 10.0. The van der Waals surface area contributed by atoms with Crippen molar-refractivity contribution in [1.29, 1.82) is 0 Å². The van der Waals surface area contributed by atoms with Gasteiger partial charge in [0.15, 0.2) is 0 Å². The zero-order valence-corrected chi connectivity index (χ0v) is 15.4. The minimum atomic E-state index is -2.38. The molecule has 0 saturated heterocycles. The van der Waals surface area contributed by atoms with E-state index < -0.39 is 52.8 Å². The first-order valence-corrected chi connectivity index (χ1v) is 8.43. The lowest BCUT2D eigenvalue weighted by Crippen LogP contribution is -2.44. The number of halogens is 5. The number of rotatable bonds is 6. The standard InChI is InChI=1S/C19H17F5N2O3/c1-8(2)7-11(26-18(27)9-5-3-4-6-10(9)25)19(28)29-17-15(23)13(21)12(20)14(22)16(17)24/h3-6,8,11H,7,25H2,1-2H3,(H,26,27)/t11-/m0/s1. The average molecular weight is 416 g/mol. The van der Waals surface area contributed by atoms with E-state index in [1.807, 2.05) is 0 Å². The van der Waals surface area contributed by atoms with Crippen molar-refractivity contribution in [3.05, 3.63) is 58.9 Å². The number of ether oxygens (including phenoxy) is 1. The van der Waals surface area contributed by atoms with Crippen LogP contribution in [0.15, 0.2) is 24.3 Å². The molecular weight excluding hydrogens is 399 g/mol. The maximum Gasteiger partial charge on any atom is 0.334 e. The van der Waals surface area contributed by atoms with Crippen LogP contribution in [-0.4, -0.2) is 17.9 Å². The molecule has 1 amide bonds. The van der Waals surface area contributed by atoms with E-state index in [1.54, 1.807) is 19.9 Å². The highest BCUT2D eigenvalue weighted by atomic mass is 19.2. The van der Waals surface area contributed by atoms with Crippen LogP contribution in [0.5, 0.6) is 5.75 Å². The Morgan fingerprint density at radius 2 is 1.48 bits per heavy atom. The summed E-state index contributed by atoms with van der Waals surface area (Å²) in [4.78, 5) is 24.8. The fourth-order valence-corrected chi connectivity index (χ4v) is 2.47. The Labute approximate surface area is 162 Å². The highest BCUT2D eigenvalue weighted by Gasteiger charge is 2.32. The number of nitrogen functional groups attached to an aromatic ring is 1. The Hall–Kier alpha value is -3.17. The molecule has 29 heavy (non-hydrogen) atoms. The van der Waals surface area contributed by atoms with Crippen LogP contribution in [0.25, 0.3) is 0 Å². The molecule has 0 radical (unpaired) electrons. The number of hydrogen-bond donors (Lipinski definition) is 2. The molecule has 0 heterocycles. The van der Waals surface area contributed by atoms with Crippen LogP contribution in [0.3, 0.4) is 0 Å². The van der Waals surface area contributed by atoms with Crippen LogP contribution in [0.1, 0.15) is 30.6 Å². The Kier molecular flexibility index (Phi) is 6.78. The highest BCUT2D eigenvalue weighted by Crippen LogP contribution is 2.29. The topological polar surface area (TPSA) is 81.4 Å². The first-order valence-electron chi connectivity index (χ1n) is 8.43. The van der Waals surface area contributed by atoms with Crippen LogP contribution in [-0.2, 0) is 4.79 Å². The van der Waals surface area contributed by atoms with Gasteiger partial charge in [0.2, 0.25) is 34.8 Å². The zero-order valence-electron chi connectivity index (χ0n) is 15.4. The van der Waals surface area contributed by atoms with Crippen LogP contribution in [0.2, 0.25) is 0 Å². The molecular formula is C19H17F5N2O3. The molecule has 2 aromatic rings. The number of nitrogens with two attached hydrogens (primary N) is 1. The number of esters is 1. The Balaban J connectivity index is 2.31. The molecule has 0 aromatic heterocycles. The van der Waals surface area contributed by atoms with Gasteiger partial charge in [-0.1, -0.05) is 26.0 Å². The molecule has 3 N–H and O–H groups in total. The third kappa shape index (κ3) is 4.82. The first kappa shape index (κ1) is 22.1. The number of benzene rings is 2. The molecule has 0 unspecified atom stereocenters. The van der Waals surface area contributed by atoms with Gasteiger partial charge in [0.25, 0.3) is 5.91 Å². The largest absolute Gasteiger partial charge is 0.418 e. The van der Waals surface area contributed by atoms with Gasteiger partial charge in [-0.15, -0.1) is 0 Å². The molecule has 0 bridgehead atoms. The summed E-state index contributed by atoms with van der Waals surface area (Å²) in [5, 5.41) is 2.31.